The summed E-state index contributed by atoms with van der Waals surface area (Å²) in [4.78, 5) is 4.21. The molecule has 0 aliphatic heterocycles. The molecule has 0 spiro atoms. The molecule has 1 aromatic carbocycles. The standard InChI is InChI=1S/C13H12F3NO2S/c1-8-17-10(7-20-8)6-12(18)9-3-2-4-11(5-9)19-13(14,15)16/h2-5,7,12,18H,6H2,1H3. The zero-order valence-corrected chi connectivity index (χ0v) is 11.3. The fourth-order valence-corrected chi connectivity index (χ4v) is 2.36. The van der Waals surface area contributed by atoms with Crippen molar-refractivity contribution in [2.24, 2.45) is 0 Å². The molecular weight excluding hydrogens is 291 g/mol. The summed E-state index contributed by atoms with van der Waals surface area (Å²) in [5.74, 6) is -0.344. The van der Waals surface area contributed by atoms with E-state index in [-0.39, 0.29) is 12.2 Å². The summed E-state index contributed by atoms with van der Waals surface area (Å²) in [6, 6.07) is 5.33. The molecule has 0 aliphatic carbocycles. The van der Waals surface area contributed by atoms with Crippen LogP contribution in [0.2, 0.25) is 0 Å². The van der Waals surface area contributed by atoms with E-state index in [9.17, 15) is 18.3 Å². The van der Waals surface area contributed by atoms with Crippen LogP contribution in [-0.2, 0) is 6.42 Å². The first-order chi connectivity index (χ1) is 9.33. The van der Waals surface area contributed by atoms with Gasteiger partial charge in [0.1, 0.15) is 5.75 Å². The molecule has 0 aliphatic rings. The predicted octanol–water partition coefficient (Wildman–Crippen LogP) is 3.63. The second-order valence-corrected chi connectivity index (χ2v) is 5.26. The minimum absolute atomic E-state index is 0.250. The second kappa shape index (κ2) is 5.80. The van der Waals surface area contributed by atoms with Crippen molar-refractivity contribution in [3.63, 3.8) is 0 Å². The Morgan fingerprint density at radius 2 is 2.15 bits per heavy atom. The van der Waals surface area contributed by atoms with Crippen molar-refractivity contribution >= 4 is 11.3 Å². The van der Waals surface area contributed by atoms with E-state index in [4.69, 9.17) is 0 Å². The lowest BCUT2D eigenvalue weighted by molar-refractivity contribution is -0.274. The molecule has 0 radical (unpaired) electrons. The van der Waals surface area contributed by atoms with E-state index in [1.165, 1.54) is 29.5 Å². The number of thiazole rings is 1. The fraction of sp³-hybridized carbons (Fsp3) is 0.308. The summed E-state index contributed by atoms with van der Waals surface area (Å²) < 4.78 is 40.2. The van der Waals surface area contributed by atoms with Gasteiger partial charge >= 0.3 is 6.36 Å². The van der Waals surface area contributed by atoms with Gasteiger partial charge in [-0.1, -0.05) is 12.1 Å². The van der Waals surface area contributed by atoms with Gasteiger partial charge in [0.05, 0.1) is 16.8 Å². The van der Waals surface area contributed by atoms with Gasteiger partial charge in [-0.05, 0) is 24.6 Å². The average molecular weight is 303 g/mol. The smallest absolute Gasteiger partial charge is 0.406 e. The maximum absolute atomic E-state index is 12.1. The highest BCUT2D eigenvalue weighted by Gasteiger charge is 2.31. The van der Waals surface area contributed by atoms with Gasteiger partial charge in [-0.25, -0.2) is 4.98 Å². The van der Waals surface area contributed by atoms with Crippen LogP contribution in [0.15, 0.2) is 29.6 Å². The third kappa shape index (κ3) is 4.21. The lowest BCUT2D eigenvalue weighted by atomic mass is 10.1. The number of nitrogens with zero attached hydrogens (tertiary/aromatic N) is 1. The maximum atomic E-state index is 12.1. The molecule has 1 N–H and O–H groups in total. The Morgan fingerprint density at radius 3 is 2.75 bits per heavy atom. The third-order valence-corrected chi connectivity index (χ3v) is 3.37. The molecule has 0 saturated carbocycles. The molecule has 1 atom stereocenters. The Kier molecular flexibility index (Phi) is 4.29. The van der Waals surface area contributed by atoms with Gasteiger partial charge < -0.3 is 9.84 Å². The third-order valence-electron chi connectivity index (χ3n) is 2.55. The maximum Gasteiger partial charge on any atom is 0.573 e. The fourth-order valence-electron chi connectivity index (χ4n) is 1.74. The van der Waals surface area contributed by atoms with Crippen molar-refractivity contribution < 1.29 is 23.0 Å². The zero-order valence-electron chi connectivity index (χ0n) is 10.5. The van der Waals surface area contributed by atoms with E-state index in [0.29, 0.717) is 11.3 Å². The Morgan fingerprint density at radius 1 is 1.40 bits per heavy atom. The van der Waals surface area contributed by atoms with E-state index in [2.05, 4.69) is 9.72 Å². The summed E-state index contributed by atoms with van der Waals surface area (Å²) in [6.07, 6.45) is -5.41. The summed E-state index contributed by atoms with van der Waals surface area (Å²) in [6.45, 7) is 1.85. The molecule has 0 saturated heterocycles. The number of aliphatic hydroxyl groups excluding tert-OH is 1. The van der Waals surface area contributed by atoms with Crippen LogP contribution in [0, 0.1) is 6.92 Å². The molecule has 1 heterocycles. The molecular formula is C13H12F3NO2S. The van der Waals surface area contributed by atoms with Gasteiger partial charge in [-0.2, -0.15) is 0 Å². The molecule has 2 rings (SSSR count). The van der Waals surface area contributed by atoms with Crippen LogP contribution in [0.1, 0.15) is 22.4 Å². The van der Waals surface area contributed by atoms with Crippen molar-refractivity contribution in [1.82, 2.24) is 4.98 Å². The van der Waals surface area contributed by atoms with E-state index in [1.807, 2.05) is 12.3 Å². The number of alkyl halides is 3. The first-order valence-corrected chi connectivity index (χ1v) is 6.66. The van der Waals surface area contributed by atoms with Gasteiger partial charge in [0.15, 0.2) is 0 Å². The summed E-state index contributed by atoms with van der Waals surface area (Å²) >= 11 is 1.46. The SMILES string of the molecule is Cc1nc(CC(O)c2cccc(OC(F)(F)F)c2)cs1. The molecule has 2 aromatic rings. The summed E-state index contributed by atoms with van der Waals surface area (Å²) in [5.41, 5.74) is 1.07. The van der Waals surface area contributed by atoms with Crippen LogP contribution in [-0.4, -0.2) is 16.5 Å². The largest absolute Gasteiger partial charge is 0.573 e. The first kappa shape index (κ1) is 14.8. The number of rotatable bonds is 4. The van der Waals surface area contributed by atoms with Gasteiger partial charge in [0, 0.05) is 11.8 Å². The van der Waals surface area contributed by atoms with Crippen molar-refractivity contribution in [1.29, 1.82) is 0 Å². The van der Waals surface area contributed by atoms with E-state index < -0.39 is 12.5 Å². The van der Waals surface area contributed by atoms with Crippen molar-refractivity contribution in [3.8, 4) is 5.75 Å². The Hall–Kier alpha value is -1.60. The molecule has 0 amide bonds. The van der Waals surface area contributed by atoms with Crippen LogP contribution < -0.4 is 4.74 Å². The second-order valence-electron chi connectivity index (χ2n) is 4.20. The molecule has 1 aromatic heterocycles. The van der Waals surface area contributed by atoms with Crippen molar-refractivity contribution in [3.05, 3.63) is 45.9 Å². The Balaban J connectivity index is 2.10. The monoisotopic (exact) mass is 303 g/mol. The van der Waals surface area contributed by atoms with Gasteiger partial charge in [0.25, 0.3) is 0 Å². The number of benzene rings is 1. The van der Waals surface area contributed by atoms with Crippen molar-refractivity contribution in [2.75, 3.05) is 0 Å². The van der Waals surface area contributed by atoms with Gasteiger partial charge in [-0.15, -0.1) is 24.5 Å². The number of ether oxygens (including phenoxy) is 1. The normalized spacial score (nSPS) is 13.2. The minimum atomic E-state index is -4.74. The highest BCUT2D eigenvalue weighted by Crippen LogP contribution is 2.27. The number of hydrogen-bond acceptors (Lipinski definition) is 4. The molecule has 7 heteroatoms. The van der Waals surface area contributed by atoms with Crippen LogP contribution in [0.4, 0.5) is 13.2 Å². The van der Waals surface area contributed by atoms with Crippen LogP contribution in [0.3, 0.4) is 0 Å². The zero-order chi connectivity index (χ0) is 14.8. The summed E-state index contributed by atoms with van der Waals surface area (Å²) in [7, 11) is 0. The van der Waals surface area contributed by atoms with Gasteiger partial charge in [-0.3, -0.25) is 0 Å². The molecule has 1 unspecified atom stereocenters. The van der Waals surface area contributed by atoms with E-state index >= 15 is 0 Å². The first-order valence-electron chi connectivity index (χ1n) is 5.78. The van der Waals surface area contributed by atoms with E-state index in [0.717, 1.165) is 5.01 Å². The number of aryl methyl sites for hydroxylation is 1. The van der Waals surface area contributed by atoms with Crippen LogP contribution >= 0.6 is 11.3 Å². The Bertz CT molecular complexity index is 583. The average Bonchev–Trinajstić information content (AvgIpc) is 2.73. The van der Waals surface area contributed by atoms with Crippen molar-refractivity contribution in [2.45, 2.75) is 25.8 Å². The number of aliphatic hydroxyl groups is 1. The van der Waals surface area contributed by atoms with Gasteiger partial charge in [0.2, 0.25) is 0 Å². The lowest BCUT2D eigenvalue weighted by Crippen LogP contribution is -2.17. The lowest BCUT2D eigenvalue weighted by Gasteiger charge is -2.13. The molecule has 0 bridgehead atoms. The molecule has 0 fully saturated rings. The van der Waals surface area contributed by atoms with E-state index in [1.54, 1.807) is 6.07 Å². The number of aromatic nitrogens is 1. The molecule has 20 heavy (non-hydrogen) atoms. The highest BCUT2D eigenvalue weighted by atomic mass is 32.1. The molecule has 3 nitrogen and oxygen atoms in total. The van der Waals surface area contributed by atoms with Crippen LogP contribution in [0.25, 0.3) is 0 Å². The van der Waals surface area contributed by atoms with Crippen LogP contribution in [0.5, 0.6) is 5.75 Å². The predicted molar refractivity (Wildman–Crippen MR) is 68.6 cm³/mol. The molecule has 108 valence electrons. The number of hydrogen-bond donors (Lipinski definition) is 1. The highest BCUT2D eigenvalue weighted by molar-refractivity contribution is 7.09. The minimum Gasteiger partial charge on any atom is -0.406 e. The Labute approximate surface area is 117 Å². The summed E-state index contributed by atoms with van der Waals surface area (Å²) in [5, 5.41) is 12.7. The number of halogens is 3. The quantitative estimate of drug-likeness (QED) is 0.938. The topological polar surface area (TPSA) is 42.4 Å².